The van der Waals surface area contributed by atoms with Crippen molar-refractivity contribution in [1.29, 1.82) is 0 Å². The second kappa shape index (κ2) is 7.63. The molecule has 1 saturated carbocycles. The number of allylic oxidation sites excluding steroid dienone is 2. The van der Waals surface area contributed by atoms with Crippen molar-refractivity contribution in [2.45, 2.75) is 44.4 Å². The molecule has 1 amide bonds. The van der Waals surface area contributed by atoms with Gasteiger partial charge < -0.3 is 9.80 Å². The first-order valence-corrected chi connectivity index (χ1v) is 12.2. The Morgan fingerprint density at radius 2 is 2.00 bits per heavy atom. The van der Waals surface area contributed by atoms with Crippen LogP contribution in [0.25, 0.3) is 5.57 Å². The molecule has 2 aromatic carbocycles. The monoisotopic (exact) mass is 444 g/mol. The highest BCUT2D eigenvalue weighted by Crippen LogP contribution is 2.48. The van der Waals surface area contributed by atoms with Crippen molar-refractivity contribution < 1.29 is 14.0 Å². The van der Waals surface area contributed by atoms with Gasteiger partial charge in [0, 0.05) is 29.8 Å². The van der Waals surface area contributed by atoms with E-state index in [1.165, 1.54) is 25.5 Å². The van der Waals surface area contributed by atoms with E-state index in [4.69, 9.17) is 0 Å². The fourth-order valence-corrected chi connectivity index (χ4v) is 6.16. The van der Waals surface area contributed by atoms with Gasteiger partial charge in [-0.25, -0.2) is 4.39 Å². The van der Waals surface area contributed by atoms with Gasteiger partial charge in [0.1, 0.15) is 5.82 Å². The number of rotatable bonds is 3. The molecule has 1 atom stereocenters. The molecule has 0 radical (unpaired) electrons. The maximum absolute atomic E-state index is 14.4. The number of benzene rings is 2. The van der Waals surface area contributed by atoms with E-state index in [0.29, 0.717) is 17.7 Å². The minimum Gasteiger partial charge on any atom is -0.307 e. The number of anilines is 1. The van der Waals surface area contributed by atoms with Gasteiger partial charge in [0.15, 0.2) is 5.78 Å². The number of nitrogens with zero attached hydrogens (tertiary/aromatic N) is 2. The van der Waals surface area contributed by atoms with Crippen molar-refractivity contribution in [1.82, 2.24) is 4.90 Å². The number of carbonyl (C=O) groups is 2. The highest BCUT2D eigenvalue weighted by Gasteiger charge is 2.46. The average Bonchev–Trinajstić information content (AvgIpc) is 3.54. The first-order valence-electron chi connectivity index (χ1n) is 12.2. The standard InChI is InChI=1S/C28H29FN2O2/c1-18-14-25(32)26-21(18)4-2-5-22(26)27(33)31-17-28(23-15-20(29)8-9-24(23)31)10-3-12-30(13-11-28)16-19-6-7-19/h2,4-5,8-9,14-15,19H,3,6-7,10-13,16-17H2,1H3. The molecule has 0 N–H and O–H groups in total. The van der Waals surface area contributed by atoms with Crippen LogP contribution in [0.2, 0.25) is 0 Å². The third-order valence-corrected chi connectivity index (χ3v) is 8.09. The summed E-state index contributed by atoms with van der Waals surface area (Å²) in [5.41, 5.74) is 4.19. The Bertz CT molecular complexity index is 1200. The van der Waals surface area contributed by atoms with Crippen molar-refractivity contribution in [3.8, 4) is 0 Å². The van der Waals surface area contributed by atoms with E-state index in [9.17, 15) is 14.0 Å². The van der Waals surface area contributed by atoms with E-state index in [1.807, 2.05) is 24.0 Å². The predicted molar refractivity (Wildman–Crippen MR) is 127 cm³/mol. The molecule has 2 aliphatic carbocycles. The fraction of sp³-hybridized carbons (Fsp3) is 0.429. The lowest BCUT2D eigenvalue weighted by Gasteiger charge is -2.29. The first kappa shape index (κ1) is 20.8. The molecule has 1 spiro atoms. The zero-order valence-electron chi connectivity index (χ0n) is 19.1. The molecule has 0 bridgehead atoms. The molecule has 2 aromatic rings. The van der Waals surface area contributed by atoms with E-state index >= 15 is 0 Å². The van der Waals surface area contributed by atoms with Gasteiger partial charge in [-0.15, -0.1) is 0 Å². The number of hydrogen-bond acceptors (Lipinski definition) is 3. The molecule has 4 nitrogen and oxygen atoms in total. The molecule has 2 fully saturated rings. The summed E-state index contributed by atoms with van der Waals surface area (Å²) >= 11 is 0. The third-order valence-electron chi connectivity index (χ3n) is 8.09. The summed E-state index contributed by atoms with van der Waals surface area (Å²) in [6, 6.07) is 10.3. The number of amides is 1. The Kier molecular flexibility index (Phi) is 4.80. The van der Waals surface area contributed by atoms with Crippen LogP contribution >= 0.6 is 0 Å². The normalized spacial score (nSPS) is 24.6. The molecule has 4 aliphatic rings. The maximum atomic E-state index is 14.4. The number of fused-ring (bicyclic) bond motifs is 3. The van der Waals surface area contributed by atoms with Crippen LogP contribution < -0.4 is 4.90 Å². The zero-order valence-corrected chi connectivity index (χ0v) is 19.1. The Morgan fingerprint density at radius 3 is 2.82 bits per heavy atom. The van der Waals surface area contributed by atoms with Crippen LogP contribution in [-0.4, -0.2) is 42.8 Å². The molecule has 33 heavy (non-hydrogen) atoms. The molecule has 6 rings (SSSR count). The summed E-state index contributed by atoms with van der Waals surface area (Å²) in [7, 11) is 0. The van der Waals surface area contributed by atoms with Crippen molar-refractivity contribution in [2.75, 3.05) is 31.1 Å². The van der Waals surface area contributed by atoms with E-state index < -0.39 is 0 Å². The second-order valence-electron chi connectivity index (χ2n) is 10.4. The van der Waals surface area contributed by atoms with Crippen LogP contribution in [0.5, 0.6) is 0 Å². The third kappa shape index (κ3) is 3.45. The lowest BCUT2D eigenvalue weighted by atomic mass is 9.76. The largest absolute Gasteiger partial charge is 0.307 e. The van der Waals surface area contributed by atoms with Crippen LogP contribution in [-0.2, 0) is 5.41 Å². The molecular formula is C28H29FN2O2. The smallest absolute Gasteiger partial charge is 0.259 e. The van der Waals surface area contributed by atoms with Crippen molar-refractivity contribution >= 4 is 23.0 Å². The Hall–Kier alpha value is -2.79. The van der Waals surface area contributed by atoms with Gasteiger partial charge in [0.05, 0.1) is 5.56 Å². The summed E-state index contributed by atoms with van der Waals surface area (Å²) in [5, 5.41) is 0. The summed E-state index contributed by atoms with van der Waals surface area (Å²) in [6.07, 6.45) is 7.20. The minimum absolute atomic E-state index is 0.107. The number of hydrogen-bond donors (Lipinski definition) is 0. The Balaban J connectivity index is 1.36. The number of halogens is 1. The summed E-state index contributed by atoms with van der Waals surface area (Å²) < 4.78 is 14.4. The molecule has 0 aromatic heterocycles. The predicted octanol–water partition coefficient (Wildman–Crippen LogP) is 5.22. The molecule has 170 valence electrons. The quantitative estimate of drug-likeness (QED) is 0.652. The SMILES string of the molecule is CC1=CC(=O)c2c(C(=O)N3CC4(CCCN(CC5CC5)CC4)c4cc(F)ccc43)cccc21. The van der Waals surface area contributed by atoms with Crippen molar-refractivity contribution in [2.24, 2.45) is 5.92 Å². The van der Waals surface area contributed by atoms with E-state index in [2.05, 4.69) is 4.90 Å². The maximum Gasteiger partial charge on any atom is 0.259 e. The highest BCUT2D eigenvalue weighted by atomic mass is 19.1. The highest BCUT2D eigenvalue weighted by molar-refractivity contribution is 6.23. The van der Waals surface area contributed by atoms with Crippen LogP contribution in [0.3, 0.4) is 0 Å². The van der Waals surface area contributed by atoms with Gasteiger partial charge in [0.2, 0.25) is 0 Å². The van der Waals surface area contributed by atoms with E-state index in [0.717, 1.165) is 60.7 Å². The van der Waals surface area contributed by atoms with Gasteiger partial charge in [-0.05, 0) is 105 Å². The van der Waals surface area contributed by atoms with Crippen LogP contribution in [0.1, 0.15) is 70.9 Å². The molecule has 1 saturated heterocycles. The van der Waals surface area contributed by atoms with Crippen LogP contribution in [0, 0.1) is 11.7 Å². The summed E-state index contributed by atoms with van der Waals surface area (Å²) in [4.78, 5) is 30.9. The lowest BCUT2D eigenvalue weighted by Crippen LogP contribution is -2.38. The number of likely N-dealkylation sites (tertiary alicyclic amines) is 1. The van der Waals surface area contributed by atoms with Crippen molar-refractivity contribution in [3.63, 3.8) is 0 Å². The summed E-state index contributed by atoms with van der Waals surface area (Å²) in [5.74, 6) is 0.328. The average molecular weight is 445 g/mol. The molecule has 2 aliphatic heterocycles. The Labute approximate surface area is 194 Å². The fourth-order valence-electron chi connectivity index (χ4n) is 6.16. The number of ketones is 1. The lowest BCUT2D eigenvalue weighted by molar-refractivity contribution is 0.0970. The van der Waals surface area contributed by atoms with Gasteiger partial charge >= 0.3 is 0 Å². The van der Waals surface area contributed by atoms with Crippen molar-refractivity contribution in [3.05, 3.63) is 70.5 Å². The van der Waals surface area contributed by atoms with Crippen LogP contribution in [0.15, 0.2) is 42.5 Å². The first-order chi connectivity index (χ1) is 15.9. The van der Waals surface area contributed by atoms with Crippen LogP contribution in [0.4, 0.5) is 10.1 Å². The summed E-state index contributed by atoms with van der Waals surface area (Å²) in [6.45, 7) is 5.67. The van der Waals surface area contributed by atoms with Gasteiger partial charge in [-0.2, -0.15) is 0 Å². The van der Waals surface area contributed by atoms with Gasteiger partial charge in [0.25, 0.3) is 5.91 Å². The minimum atomic E-state index is -0.253. The molecule has 2 heterocycles. The zero-order chi connectivity index (χ0) is 22.7. The van der Waals surface area contributed by atoms with Gasteiger partial charge in [-0.1, -0.05) is 12.1 Å². The second-order valence-corrected chi connectivity index (χ2v) is 10.4. The van der Waals surface area contributed by atoms with E-state index in [1.54, 1.807) is 24.3 Å². The molecule has 1 unspecified atom stereocenters. The topological polar surface area (TPSA) is 40.6 Å². The number of carbonyl (C=O) groups excluding carboxylic acids is 2. The van der Waals surface area contributed by atoms with Gasteiger partial charge in [-0.3, -0.25) is 9.59 Å². The molecular weight excluding hydrogens is 415 g/mol. The molecule has 5 heteroatoms. The van der Waals surface area contributed by atoms with E-state index in [-0.39, 0.29) is 22.9 Å². The Morgan fingerprint density at radius 1 is 1.15 bits per heavy atom.